The summed E-state index contributed by atoms with van der Waals surface area (Å²) in [5.74, 6) is -1.22. The van der Waals surface area contributed by atoms with E-state index in [-0.39, 0.29) is 17.2 Å². The number of rotatable bonds is 5. The van der Waals surface area contributed by atoms with Gasteiger partial charge >= 0.3 is 0 Å². The first kappa shape index (κ1) is 22.7. The Morgan fingerprint density at radius 1 is 1.17 bits per heavy atom. The topological polar surface area (TPSA) is 103 Å². The lowest BCUT2D eigenvalue weighted by Crippen LogP contribution is -2.28. The molecule has 5 aromatic rings. The number of imidazole rings is 2. The molecule has 1 amide bonds. The van der Waals surface area contributed by atoms with Crippen molar-refractivity contribution >= 4 is 40.0 Å². The molecule has 5 rings (SSSR count). The number of nitrogen functional groups attached to an aromatic ring is 1. The number of hydrogen-bond acceptors (Lipinski definition) is 5. The van der Waals surface area contributed by atoms with Gasteiger partial charge in [-0.3, -0.25) is 9.20 Å². The van der Waals surface area contributed by atoms with Crippen LogP contribution in [-0.2, 0) is 7.05 Å². The second-order valence-electron chi connectivity index (χ2n) is 7.80. The number of hydrogen-bond donors (Lipinski definition) is 2. The Kier molecular flexibility index (Phi) is 5.56. The molecule has 0 bridgehead atoms. The van der Waals surface area contributed by atoms with Crippen molar-refractivity contribution in [3.05, 3.63) is 65.5 Å². The van der Waals surface area contributed by atoms with Gasteiger partial charge in [0.15, 0.2) is 11.5 Å². The lowest BCUT2D eigenvalue weighted by atomic mass is 10.0. The molecule has 35 heavy (non-hydrogen) atoms. The Bertz CT molecular complexity index is 1600. The molecular formula is C23H17ClF3N7O. The molecule has 0 aliphatic carbocycles. The molecule has 8 nitrogen and oxygen atoms in total. The van der Waals surface area contributed by atoms with Crippen molar-refractivity contribution in [2.75, 3.05) is 12.3 Å². The van der Waals surface area contributed by atoms with Gasteiger partial charge < -0.3 is 15.6 Å². The number of fused-ring (bicyclic) bond motifs is 2. The second-order valence-corrected chi connectivity index (χ2v) is 8.21. The van der Waals surface area contributed by atoms with Crippen molar-refractivity contribution in [1.29, 1.82) is 0 Å². The van der Waals surface area contributed by atoms with Crippen molar-refractivity contribution in [2.45, 2.75) is 6.43 Å². The number of aromatic nitrogens is 5. The highest BCUT2D eigenvalue weighted by atomic mass is 35.5. The maximum Gasteiger partial charge on any atom is 0.271 e. The summed E-state index contributed by atoms with van der Waals surface area (Å²) in [7, 11) is 1.82. The number of nitrogens with one attached hydrogen (secondary N) is 1. The van der Waals surface area contributed by atoms with E-state index in [2.05, 4.69) is 20.3 Å². The number of amides is 1. The molecule has 0 aliphatic rings. The minimum absolute atomic E-state index is 0.00584. The first-order valence-corrected chi connectivity index (χ1v) is 10.7. The fourth-order valence-corrected chi connectivity index (χ4v) is 4.11. The summed E-state index contributed by atoms with van der Waals surface area (Å²) in [5.41, 5.74) is 9.52. The van der Waals surface area contributed by atoms with Crippen molar-refractivity contribution in [3.8, 4) is 22.5 Å². The molecule has 12 heteroatoms. The van der Waals surface area contributed by atoms with Crippen LogP contribution in [0.25, 0.3) is 39.2 Å². The Morgan fingerprint density at radius 3 is 2.63 bits per heavy atom. The molecule has 0 radical (unpaired) electrons. The van der Waals surface area contributed by atoms with Gasteiger partial charge in [-0.05, 0) is 36.4 Å². The molecule has 0 atom stereocenters. The Labute approximate surface area is 201 Å². The van der Waals surface area contributed by atoms with Crippen molar-refractivity contribution < 1.29 is 18.0 Å². The predicted octanol–water partition coefficient (Wildman–Crippen LogP) is 4.32. The smallest absolute Gasteiger partial charge is 0.271 e. The standard InChI is InChI=1S/C23H17ClF3N7O/c1-33-10-30-19-14(24)6-12(7-16(19)33)20-18(11-2-4-13(25)5-3-11)32-21(28)22-31-15(9-34(20)22)23(35)29-8-17(26)27/h2-7,9-10,17H,8H2,1H3,(H2,28,32)(H,29,35). The summed E-state index contributed by atoms with van der Waals surface area (Å²) in [6, 6.07) is 9.19. The molecule has 3 heterocycles. The highest BCUT2D eigenvalue weighted by Gasteiger charge is 2.22. The molecule has 178 valence electrons. The molecular weight excluding hydrogens is 483 g/mol. The third-order valence-corrected chi connectivity index (χ3v) is 5.74. The van der Waals surface area contributed by atoms with Gasteiger partial charge in [0.25, 0.3) is 12.3 Å². The number of anilines is 1. The van der Waals surface area contributed by atoms with Gasteiger partial charge in [0, 0.05) is 24.4 Å². The summed E-state index contributed by atoms with van der Waals surface area (Å²) >= 11 is 6.52. The summed E-state index contributed by atoms with van der Waals surface area (Å²) < 4.78 is 42.1. The number of benzene rings is 2. The minimum atomic E-state index is -2.71. The Morgan fingerprint density at radius 2 is 1.91 bits per heavy atom. The molecule has 3 N–H and O–H groups in total. The van der Waals surface area contributed by atoms with E-state index < -0.39 is 24.7 Å². The SMILES string of the molecule is Cn1cnc2c(Cl)cc(-c3c(-c4ccc(F)cc4)nc(N)c4nc(C(=O)NCC(F)F)cn34)cc21. The first-order valence-electron chi connectivity index (χ1n) is 10.3. The van der Waals surface area contributed by atoms with E-state index in [1.165, 1.54) is 18.3 Å². The van der Waals surface area contributed by atoms with Crippen LogP contribution in [0.5, 0.6) is 0 Å². The number of nitrogens with two attached hydrogens (primary N) is 1. The molecule has 0 aliphatic heterocycles. The Hall–Kier alpha value is -4.12. The van der Waals surface area contributed by atoms with Crippen LogP contribution in [0.15, 0.2) is 48.9 Å². The molecule has 3 aromatic heterocycles. The predicted molar refractivity (Wildman–Crippen MR) is 126 cm³/mol. The van der Waals surface area contributed by atoms with E-state index in [1.807, 2.05) is 13.1 Å². The molecule has 0 saturated carbocycles. The maximum atomic E-state index is 13.6. The maximum absolute atomic E-state index is 13.6. The first-order chi connectivity index (χ1) is 16.7. The molecule has 0 spiro atoms. The number of carbonyl (C=O) groups excluding carboxylic acids is 1. The largest absolute Gasteiger partial charge is 0.381 e. The second kappa shape index (κ2) is 8.58. The number of nitrogens with zero attached hydrogens (tertiary/aromatic N) is 5. The molecule has 2 aromatic carbocycles. The van der Waals surface area contributed by atoms with Crippen LogP contribution in [0.4, 0.5) is 19.0 Å². The van der Waals surface area contributed by atoms with Crippen molar-refractivity contribution in [2.24, 2.45) is 7.05 Å². The van der Waals surface area contributed by atoms with Crippen LogP contribution >= 0.6 is 11.6 Å². The van der Waals surface area contributed by atoms with E-state index in [0.29, 0.717) is 33.1 Å². The fourth-order valence-electron chi connectivity index (χ4n) is 3.85. The number of alkyl halides is 2. The Balaban J connectivity index is 1.80. The van der Waals surface area contributed by atoms with Crippen LogP contribution in [0.3, 0.4) is 0 Å². The van der Waals surface area contributed by atoms with E-state index in [1.54, 1.807) is 33.5 Å². The van der Waals surface area contributed by atoms with Crippen molar-refractivity contribution in [3.63, 3.8) is 0 Å². The van der Waals surface area contributed by atoms with E-state index in [0.717, 1.165) is 5.52 Å². The summed E-state index contributed by atoms with van der Waals surface area (Å²) in [6.07, 6.45) is 0.301. The van der Waals surface area contributed by atoms with Gasteiger partial charge in [0.05, 0.1) is 34.8 Å². The average molecular weight is 500 g/mol. The van der Waals surface area contributed by atoms with Gasteiger partial charge in [-0.1, -0.05) is 11.6 Å². The number of halogens is 4. The lowest BCUT2D eigenvalue weighted by Gasteiger charge is -2.14. The lowest BCUT2D eigenvalue weighted by molar-refractivity contribution is 0.0887. The quantitative estimate of drug-likeness (QED) is 0.375. The minimum Gasteiger partial charge on any atom is -0.381 e. The summed E-state index contributed by atoms with van der Waals surface area (Å²) in [6.45, 7) is -0.819. The van der Waals surface area contributed by atoms with E-state index in [9.17, 15) is 18.0 Å². The molecule has 0 unspecified atom stereocenters. The monoisotopic (exact) mass is 499 g/mol. The van der Waals surface area contributed by atoms with Crippen LogP contribution in [-0.4, -0.2) is 42.8 Å². The zero-order valence-corrected chi connectivity index (χ0v) is 18.9. The molecule has 0 fully saturated rings. The highest BCUT2D eigenvalue weighted by molar-refractivity contribution is 6.35. The highest BCUT2D eigenvalue weighted by Crippen LogP contribution is 2.37. The van der Waals surface area contributed by atoms with Gasteiger partial charge in [-0.2, -0.15) is 0 Å². The zero-order valence-electron chi connectivity index (χ0n) is 18.1. The normalized spacial score (nSPS) is 11.6. The summed E-state index contributed by atoms with van der Waals surface area (Å²) in [4.78, 5) is 25.5. The van der Waals surface area contributed by atoms with Crippen LogP contribution in [0.2, 0.25) is 5.02 Å². The van der Waals surface area contributed by atoms with Crippen LogP contribution in [0.1, 0.15) is 10.5 Å². The summed E-state index contributed by atoms with van der Waals surface area (Å²) in [5, 5.41) is 2.51. The zero-order chi connectivity index (χ0) is 24.9. The van der Waals surface area contributed by atoms with Gasteiger partial charge in [0.1, 0.15) is 17.0 Å². The van der Waals surface area contributed by atoms with Gasteiger partial charge in [-0.15, -0.1) is 0 Å². The van der Waals surface area contributed by atoms with Gasteiger partial charge in [0.2, 0.25) is 0 Å². The van der Waals surface area contributed by atoms with Crippen molar-refractivity contribution in [1.82, 2.24) is 29.2 Å². The van der Waals surface area contributed by atoms with Crippen LogP contribution in [0, 0.1) is 5.82 Å². The third kappa shape index (κ3) is 4.03. The van der Waals surface area contributed by atoms with E-state index >= 15 is 0 Å². The fraction of sp³-hybridized carbons (Fsp3) is 0.130. The van der Waals surface area contributed by atoms with E-state index in [4.69, 9.17) is 17.3 Å². The molecule has 0 saturated heterocycles. The van der Waals surface area contributed by atoms with Gasteiger partial charge in [-0.25, -0.2) is 28.1 Å². The average Bonchev–Trinajstić information content (AvgIpc) is 3.43. The number of carbonyl (C=O) groups is 1. The number of aryl methyl sites for hydroxylation is 1. The third-order valence-electron chi connectivity index (χ3n) is 5.46. The van der Waals surface area contributed by atoms with Crippen LogP contribution < -0.4 is 11.1 Å².